The van der Waals surface area contributed by atoms with E-state index in [2.05, 4.69) is 15.4 Å². The summed E-state index contributed by atoms with van der Waals surface area (Å²) >= 11 is 6.25. The first-order valence-electron chi connectivity index (χ1n) is 10.2. The summed E-state index contributed by atoms with van der Waals surface area (Å²) < 4.78 is 8.85. The number of ether oxygens (including phenoxy) is 1. The zero-order valence-electron chi connectivity index (χ0n) is 17.3. The van der Waals surface area contributed by atoms with Crippen LogP contribution in [-0.2, 0) is 0 Å². The number of aliphatic hydroxyl groups is 1. The van der Waals surface area contributed by atoms with Gasteiger partial charge in [0.2, 0.25) is 0 Å². The summed E-state index contributed by atoms with van der Waals surface area (Å²) in [5, 5.41) is 22.4. The van der Waals surface area contributed by atoms with E-state index in [1.807, 2.05) is 0 Å². The third-order valence-electron chi connectivity index (χ3n) is 5.67. The molecule has 164 valence electrons. The minimum Gasteiger partial charge on any atom is -0.496 e. The van der Waals surface area contributed by atoms with Crippen LogP contribution in [0.3, 0.4) is 0 Å². The Hall–Kier alpha value is -3.43. The maximum absolute atomic E-state index is 13.1. The predicted octanol–water partition coefficient (Wildman–Crippen LogP) is 3.59. The SMILES string of the molecule is COc1ccc(Cl)cc1-c1nn(C2CCC(O)C2)cc1NC(=O)c1cnn2cccnc12. The van der Waals surface area contributed by atoms with E-state index < -0.39 is 0 Å². The number of hydrogen-bond donors (Lipinski definition) is 2. The van der Waals surface area contributed by atoms with Gasteiger partial charge in [-0.3, -0.25) is 9.48 Å². The molecule has 10 heteroatoms. The molecule has 3 heterocycles. The molecule has 32 heavy (non-hydrogen) atoms. The quantitative estimate of drug-likeness (QED) is 0.479. The van der Waals surface area contributed by atoms with Crippen LogP contribution in [0.25, 0.3) is 16.9 Å². The van der Waals surface area contributed by atoms with Crippen LogP contribution in [0.4, 0.5) is 5.69 Å². The first-order valence-corrected chi connectivity index (χ1v) is 10.6. The fourth-order valence-electron chi connectivity index (χ4n) is 4.09. The number of aromatic nitrogens is 5. The van der Waals surface area contributed by atoms with Crippen LogP contribution in [0.2, 0.25) is 5.02 Å². The Morgan fingerprint density at radius 3 is 3.00 bits per heavy atom. The third kappa shape index (κ3) is 3.69. The highest BCUT2D eigenvalue weighted by atomic mass is 35.5. The van der Waals surface area contributed by atoms with Crippen molar-refractivity contribution in [3.8, 4) is 17.0 Å². The van der Waals surface area contributed by atoms with Gasteiger partial charge in [-0.2, -0.15) is 10.2 Å². The second-order valence-electron chi connectivity index (χ2n) is 7.74. The number of halogens is 1. The lowest BCUT2D eigenvalue weighted by Crippen LogP contribution is -2.12. The second kappa shape index (κ2) is 8.25. The van der Waals surface area contributed by atoms with E-state index in [9.17, 15) is 9.90 Å². The van der Waals surface area contributed by atoms with Crippen LogP contribution >= 0.6 is 11.6 Å². The molecule has 2 atom stereocenters. The summed E-state index contributed by atoms with van der Waals surface area (Å²) in [5.41, 5.74) is 2.50. The Balaban J connectivity index is 1.56. The van der Waals surface area contributed by atoms with Crippen molar-refractivity contribution in [1.29, 1.82) is 0 Å². The summed E-state index contributed by atoms with van der Waals surface area (Å²) in [6.07, 6.45) is 8.39. The van der Waals surface area contributed by atoms with Gasteiger partial charge in [0.1, 0.15) is 17.0 Å². The Kier molecular flexibility index (Phi) is 5.28. The topological polar surface area (TPSA) is 107 Å². The fraction of sp³-hybridized carbons (Fsp3) is 0.273. The molecule has 5 rings (SSSR count). The maximum Gasteiger partial charge on any atom is 0.261 e. The average Bonchev–Trinajstić information content (AvgIpc) is 3.51. The molecule has 9 nitrogen and oxygen atoms in total. The minimum atomic E-state index is -0.355. The van der Waals surface area contributed by atoms with Gasteiger partial charge >= 0.3 is 0 Å². The van der Waals surface area contributed by atoms with Crippen LogP contribution in [0, 0.1) is 0 Å². The number of methoxy groups -OCH3 is 1. The number of amides is 1. The summed E-state index contributed by atoms with van der Waals surface area (Å²) in [5.74, 6) is 0.228. The number of carbonyl (C=O) groups excluding carboxylic acids is 1. The highest BCUT2D eigenvalue weighted by Crippen LogP contribution is 2.38. The van der Waals surface area contributed by atoms with Gasteiger partial charge < -0.3 is 15.2 Å². The van der Waals surface area contributed by atoms with E-state index in [0.717, 1.165) is 12.8 Å². The largest absolute Gasteiger partial charge is 0.496 e. The summed E-state index contributed by atoms with van der Waals surface area (Å²) in [7, 11) is 1.57. The molecule has 0 saturated heterocycles. The summed E-state index contributed by atoms with van der Waals surface area (Å²) in [4.78, 5) is 17.4. The van der Waals surface area contributed by atoms with Gasteiger partial charge in [-0.1, -0.05) is 11.6 Å². The number of anilines is 1. The van der Waals surface area contributed by atoms with Crippen molar-refractivity contribution in [2.75, 3.05) is 12.4 Å². The molecule has 0 bridgehead atoms. The Morgan fingerprint density at radius 1 is 1.34 bits per heavy atom. The number of benzene rings is 1. The molecule has 4 aromatic rings. The van der Waals surface area contributed by atoms with Crippen LogP contribution in [0.15, 0.2) is 49.1 Å². The molecule has 1 aliphatic carbocycles. The van der Waals surface area contributed by atoms with Gasteiger partial charge in [0.05, 0.1) is 31.1 Å². The van der Waals surface area contributed by atoms with Crippen LogP contribution in [0.1, 0.15) is 35.7 Å². The number of hydrogen-bond acceptors (Lipinski definition) is 6. The van der Waals surface area contributed by atoms with Crippen molar-refractivity contribution in [3.05, 3.63) is 59.6 Å². The molecule has 0 spiro atoms. The number of rotatable bonds is 5. The van der Waals surface area contributed by atoms with Crippen molar-refractivity contribution in [1.82, 2.24) is 24.4 Å². The van der Waals surface area contributed by atoms with Gasteiger partial charge in [-0.15, -0.1) is 0 Å². The fourth-order valence-corrected chi connectivity index (χ4v) is 4.26. The number of carbonyl (C=O) groups is 1. The monoisotopic (exact) mass is 452 g/mol. The van der Waals surface area contributed by atoms with Crippen LogP contribution < -0.4 is 10.1 Å². The van der Waals surface area contributed by atoms with Crippen molar-refractivity contribution in [3.63, 3.8) is 0 Å². The molecular formula is C22H21ClN6O3. The maximum atomic E-state index is 13.1. The lowest BCUT2D eigenvalue weighted by molar-refractivity contribution is 0.102. The predicted molar refractivity (Wildman–Crippen MR) is 119 cm³/mol. The molecule has 1 amide bonds. The highest BCUT2D eigenvalue weighted by Gasteiger charge is 2.28. The molecule has 2 unspecified atom stereocenters. The zero-order chi connectivity index (χ0) is 22.2. The number of nitrogens with one attached hydrogen (secondary N) is 1. The van der Waals surface area contributed by atoms with Gasteiger partial charge in [-0.25, -0.2) is 9.50 Å². The molecule has 0 aliphatic heterocycles. The average molecular weight is 453 g/mol. The molecule has 1 fully saturated rings. The molecule has 3 aromatic heterocycles. The van der Waals surface area contributed by atoms with Gasteiger partial charge in [0.15, 0.2) is 5.65 Å². The van der Waals surface area contributed by atoms with E-state index >= 15 is 0 Å². The smallest absolute Gasteiger partial charge is 0.261 e. The third-order valence-corrected chi connectivity index (χ3v) is 5.91. The van der Waals surface area contributed by atoms with Crippen LogP contribution in [0.5, 0.6) is 5.75 Å². The Bertz CT molecular complexity index is 1300. The first-order chi connectivity index (χ1) is 15.5. The van der Waals surface area contributed by atoms with E-state index in [1.54, 1.807) is 59.2 Å². The normalized spacial score (nSPS) is 18.2. The van der Waals surface area contributed by atoms with Gasteiger partial charge in [0, 0.05) is 29.2 Å². The molecule has 2 N–H and O–H groups in total. The first kappa shape index (κ1) is 20.5. The molecule has 1 aromatic carbocycles. The number of aliphatic hydroxyl groups excluding tert-OH is 1. The van der Waals surface area contributed by atoms with Crippen molar-refractivity contribution >= 4 is 28.8 Å². The van der Waals surface area contributed by atoms with Gasteiger partial charge in [-0.05, 0) is 43.5 Å². The standard InChI is InChI=1S/C22H21ClN6O3/c1-32-19-6-3-13(23)9-16(19)20-18(12-29(27-20)14-4-5-15(30)10-14)26-22(31)17-11-25-28-8-2-7-24-21(17)28/h2-3,6-9,11-12,14-15,30H,4-5,10H2,1H3,(H,26,31). The summed E-state index contributed by atoms with van der Waals surface area (Å²) in [6.45, 7) is 0. The molecule has 0 radical (unpaired) electrons. The Morgan fingerprint density at radius 2 is 2.22 bits per heavy atom. The van der Waals surface area contributed by atoms with Crippen molar-refractivity contribution < 1.29 is 14.6 Å². The van der Waals surface area contributed by atoms with E-state index in [1.165, 1.54) is 6.20 Å². The lowest BCUT2D eigenvalue weighted by atomic mass is 10.1. The van der Waals surface area contributed by atoms with E-state index in [0.29, 0.717) is 45.3 Å². The van der Waals surface area contributed by atoms with Gasteiger partial charge in [0.25, 0.3) is 5.91 Å². The minimum absolute atomic E-state index is 0.0400. The van der Waals surface area contributed by atoms with E-state index in [4.69, 9.17) is 21.4 Å². The molecule has 1 aliphatic rings. The molecule has 1 saturated carbocycles. The number of nitrogens with zero attached hydrogens (tertiary/aromatic N) is 5. The Labute approximate surface area is 188 Å². The number of fused-ring (bicyclic) bond motifs is 1. The zero-order valence-corrected chi connectivity index (χ0v) is 18.0. The van der Waals surface area contributed by atoms with Crippen molar-refractivity contribution in [2.45, 2.75) is 31.4 Å². The van der Waals surface area contributed by atoms with Crippen LogP contribution in [-0.4, -0.2) is 48.6 Å². The highest BCUT2D eigenvalue weighted by molar-refractivity contribution is 6.31. The molecular weight excluding hydrogens is 432 g/mol. The lowest BCUT2D eigenvalue weighted by Gasteiger charge is -2.10. The second-order valence-corrected chi connectivity index (χ2v) is 8.17. The summed E-state index contributed by atoms with van der Waals surface area (Å²) in [6, 6.07) is 7.03. The van der Waals surface area contributed by atoms with Crippen molar-refractivity contribution in [2.24, 2.45) is 0 Å². The van der Waals surface area contributed by atoms with E-state index in [-0.39, 0.29) is 18.1 Å².